The Morgan fingerprint density at radius 1 is 1.24 bits per heavy atom. The molecule has 1 unspecified atom stereocenters. The summed E-state index contributed by atoms with van der Waals surface area (Å²) in [7, 11) is 5.80. The first kappa shape index (κ1) is 17.9. The van der Waals surface area contributed by atoms with E-state index in [9.17, 15) is 0 Å². The molecule has 1 aromatic rings. The number of likely N-dealkylation sites (tertiary alicyclic amines) is 1. The molecule has 2 heterocycles. The van der Waals surface area contributed by atoms with Gasteiger partial charge in [0.15, 0.2) is 5.96 Å². The van der Waals surface area contributed by atoms with Gasteiger partial charge >= 0.3 is 0 Å². The van der Waals surface area contributed by atoms with E-state index in [1.54, 1.807) is 7.11 Å². The Hall–Kier alpha value is -1.95. The van der Waals surface area contributed by atoms with Crippen molar-refractivity contribution in [2.45, 2.75) is 6.42 Å². The van der Waals surface area contributed by atoms with E-state index in [1.165, 1.54) is 25.2 Å². The predicted octanol–water partition coefficient (Wildman–Crippen LogP) is 1.34. The number of hydrogen-bond donors (Lipinski definition) is 1. The molecule has 2 aliphatic heterocycles. The lowest BCUT2D eigenvalue weighted by Crippen LogP contribution is -2.53. The minimum absolute atomic E-state index is 0.736. The normalized spacial score (nSPS) is 22.4. The van der Waals surface area contributed by atoms with Crippen molar-refractivity contribution in [2.75, 3.05) is 71.9 Å². The highest BCUT2D eigenvalue weighted by Crippen LogP contribution is 2.22. The first-order valence-corrected chi connectivity index (χ1v) is 9.22. The van der Waals surface area contributed by atoms with Crippen LogP contribution in [0.4, 0.5) is 5.69 Å². The van der Waals surface area contributed by atoms with E-state index in [4.69, 9.17) is 4.74 Å². The molecular formula is C19H31N5O. The fourth-order valence-electron chi connectivity index (χ4n) is 3.74. The molecule has 1 aromatic carbocycles. The van der Waals surface area contributed by atoms with Crippen LogP contribution in [0.2, 0.25) is 0 Å². The van der Waals surface area contributed by atoms with Crippen LogP contribution in [0.5, 0.6) is 5.75 Å². The predicted molar refractivity (Wildman–Crippen MR) is 104 cm³/mol. The lowest BCUT2D eigenvalue weighted by Gasteiger charge is -2.38. The fourth-order valence-corrected chi connectivity index (χ4v) is 3.74. The van der Waals surface area contributed by atoms with E-state index in [0.29, 0.717) is 0 Å². The van der Waals surface area contributed by atoms with Crippen LogP contribution in [0.25, 0.3) is 0 Å². The molecule has 6 nitrogen and oxygen atoms in total. The summed E-state index contributed by atoms with van der Waals surface area (Å²) in [6, 6.07) is 8.31. The molecule has 25 heavy (non-hydrogen) atoms. The molecule has 0 aromatic heterocycles. The number of rotatable bonds is 4. The molecule has 3 rings (SSSR count). The van der Waals surface area contributed by atoms with Crippen molar-refractivity contribution in [3.05, 3.63) is 24.3 Å². The number of guanidine groups is 1. The maximum absolute atomic E-state index is 5.34. The van der Waals surface area contributed by atoms with Gasteiger partial charge in [0.1, 0.15) is 5.75 Å². The maximum Gasteiger partial charge on any atom is 0.193 e. The van der Waals surface area contributed by atoms with Gasteiger partial charge in [0.25, 0.3) is 0 Å². The minimum Gasteiger partial charge on any atom is -0.497 e. The van der Waals surface area contributed by atoms with Crippen LogP contribution < -0.4 is 15.0 Å². The van der Waals surface area contributed by atoms with Crippen LogP contribution in [0.15, 0.2) is 29.3 Å². The molecule has 1 N–H and O–H groups in total. The quantitative estimate of drug-likeness (QED) is 0.659. The minimum atomic E-state index is 0.736. The Morgan fingerprint density at radius 2 is 2.04 bits per heavy atom. The van der Waals surface area contributed by atoms with Gasteiger partial charge in [0, 0.05) is 58.1 Å². The van der Waals surface area contributed by atoms with Crippen molar-refractivity contribution in [3.63, 3.8) is 0 Å². The number of aliphatic imine (C=N–C) groups is 1. The van der Waals surface area contributed by atoms with E-state index in [-0.39, 0.29) is 0 Å². The van der Waals surface area contributed by atoms with Gasteiger partial charge in [-0.3, -0.25) is 4.99 Å². The Morgan fingerprint density at radius 3 is 2.68 bits per heavy atom. The van der Waals surface area contributed by atoms with E-state index in [2.05, 4.69) is 50.3 Å². The molecule has 1 atom stereocenters. The number of methoxy groups -OCH3 is 1. The van der Waals surface area contributed by atoms with Crippen molar-refractivity contribution >= 4 is 11.6 Å². The molecule has 0 spiro atoms. The molecule has 2 fully saturated rings. The van der Waals surface area contributed by atoms with Crippen molar-refractivity contribution in [1.29, 1.82) is 0 Å². The van der Waals surface area contributed by atoms with E-state index < -0.39 is 0 Å². The molecule has 0 bridgehead atoms. The number of anilines is 1. The smallest absolute Gasteiger partial charge is 0.193 e. The Kier molecular flexibility index (Phi) is 6.02. The fraction of sp³-hybridized carbons (Fsp3) is 0.632. The zero-order valence-electron chi connectivity index (χ0n) is 15.7. The topological polar surface area (TPSA) is 43.3 Å². The first-order valence-electron chi connectivity index (χ1n) is 9.22. The average molecular weight is 345 g/mol. The van der Waals surface area contributed by atoms with Crippen LogP contribution >= 0.6 is 0 Å². The van der Waals surface area contributed by atoms with Crippen LogP contribution in [-0.4, -0.2) is 82.8 Å². The molecule has 0 amide bonds. The number of nitrogens with one attached hydrogen (secondary N) is 1. The first-order chi connectivity index (χ1) is 12.2. The second kappa shape index (κ2) is 8.43. The number of piperazine rings is 1. The van der Waals surface area contributed by atoms with Crippen molar-refractivity contribution in [3.8, 4) is 5.75 Å². The third-order valence-corrected chi connectivity index (χ3v) is 5.25. The Bertz CT molecular complexity index is 583. The zero-order chi connectivity index (χ0) is 17.6. The molecule has 0 saturated carbocycles. The SMILES string of the molecule is CN=C(NCC1CCN(C)C1)N1CCN(c2cccc(OC)c2)CC1. The molecule has 6 heteroatoms. The molecule has 2 aliphatic rings. The number of nitrogens with zero attached hydrogens (tertiary/aromatic N) is 4. The summed E-state index contributed by atoms with van der Waals surface area (Å²) in [5, 5.41) is 3.59. The maximum atomic E-state index is 5.34. The summed E-state index contributed by atoms with van der Waals surface area (Å²) in [4.78, 5) is 11.7. The Balaban J connectivity index is 1.50. The van der Waals surface area contributed by atoms with Gasteiger partial charge < -0.3 is 24.8 Å². The van der Waals surface area contributed by atoms with Crippen LogP contribution in [0.1, 0.15) is 6.42 Å². The molecule has 138 valence electrons. The highest BCUT2D eigenvalue weighted by molar-refractivity contribution is 5.80. The monoisotopic (exact) mass is 345 g/mol. The zero-order valence-corrected chi connectivity index (χ0v) is 15.7. The summed E-state index contributed by atoms with van der Waals surface area (Å²) in [5.41, 5.74) is 1.23. The molecule has 2 saturated heterocycles. The number of ether oxygens (including phenoxy) is 1. The van der Waals surface area contributed by atoms with Crippen LogP contribution in [0.3, 0.4) is 0 Å². The van der Waals surface area contributed by atoms with Crippen LogP contribution in [-0.2, 0) is 0 Å². The van der Waals surface area contributed by atoms with E-state index >= 15 is 0 Å². The van der Waals surface area contributed by atoms with Gasteiger partial charge in [-0.2, -0.15) is 0 Å². The summed E-state index contributed by atoms with van der Waals surface area (Å²) < 4.78 is 5.34. The van der Waals surface area contributed by atoms with Gasteiger partial charge in [-0.05, 0) is 38.1 Å². The third-order valence-electron chi connectivity index (χ3n) is 5.25. The Labute approximate surface area is 151 Å². The third kappa shape index (κ3) is 4.57. The van der Waals surface area contributed by atoms with Crippen molar-refractivity contribution < 1.29 is 4.74 Å². The van der Waals surface area contributed by atoms with Crippen molar-refractivity contribution in [1.82, 2.24) is 15.1 Å². The largest absolute Gasteiger partial charge is 0.497 e. The average Bonchev–Trinajstić information content (AvgIpc) is 3.08. The van der Waals surface area contributed by atoms with E-state index in [0.717, 1.165) is 50.4 Å². The summed E-state index contributed by atoms with van der Waals surface area (Å²) >= 11 is 0. The number of hydrogen-bond acceptors (Lipinski definition) is 4. The van der Waals surface area contributed by atoms with E-state index in [1.807, 2.05) is 13.1 Å². The van der Waals surface area contributed by atoms with Gasteiger partial charge in [0.2, 0.25) is 0 Å². The molecule has 0 radical (unpaired) electrons. The molecule has 0 aliphatic carbocycles. The van der Waals surface area contributed by atoms with Crippen LogP contribution in [0, 0.1) is 5.92 Å². The second-order valence-electron chi connectivity index (χ2n) is 7.02. The highest BCUT2D eigenvalue weighted by atomic mass is 16.5. The lowest BCUT2D eigenvalue weighted by atomic mass is 10.1. The summed E-state index contributed by atoms with van der Waals surface area (Å²) in [6.07, 6.45) is 1.28. The molecular weight excluding hydrogens is 314 g/mol. The standard InChI is InChI=1S/C19H31N5O/c1-20-19(21-14-16-7-8-22(2)15-16)24-11-9-23(10-12-24)17-5-4-6-18(13-17)25-3/h4-6,13,16H,7-12,14-15H2,1-3H3,(H,20,21). The second-order valence-corrected chi connectivity index (χ2v) is 7.02. The van der Waals surface area contributed by atoms with Gasteiger partial charge in [-0.15, -0.1) is 0 Å². The number of benzene rings is 1. The van der Waals surface area contributed by atoms with Gasteiger partial charge in [-0.1, -0.05) is 6.07 Å². The highest BCUT2D eigenvalue weighted by Gasteiger charge is 2.23. The van der Waals surface area contributed by atoms with Gasteiger partial charge in [0.05, 0.1) is 7.11 Å². The lowest BCUT2D eigenvalue weighted by molar-refractivity contribution is 0.363. The summed E-state index contributed by atoms with van der Waals surface area (Å²) in [5.74, 6) is 2.69. The summed E-state index contributed by atoms with van der Waals surface area (Å²) in [6.45, 7) is 7.40. The van der Waals surface area contributed by atoms with Gasteiger partial charge in [-0.25, -0.2) is 0 Å². The van der Waals surface area contributed by atoms with Crippen molar-refractivity contribution in [2.24, 2.45) is 10.9 Å².